The van der Waals surface area contributed by atoms with Crippen LogP contribution < -0.4 is 10.6 Å². The number of rotatable bonds is 4. The quantitative estimate of drug-likeness (QED) is 0.922. The molecule has 106 valence electrons. The monoisotopic (exact) mass is 326 g/mol. The van der Waals surface area contributed by atoms with Gasteiger partial charge in [0.05, 0.1) is 0 Å². The lowest BCUT2D eigenvalue weighted by Gasteiger charge is -2.33. The van der Waals surface area contributed by atoms with E-state index in [1.165, 1.54) is 18.5 Å². The number of nitrogens with two attached hydrogens (primary N) is 1. The molecule has 0 saturated carbocycles. The van der Waals surface area contributed by atoms with Crippen molar-refractivity contribution in [1.29, 1.82) is 0 Å². The van der Waals surface area contributed by atoms with Gasteiger partial charge in [0.2, 0.25) is 0 Å². The average Bonchev–Trinajstić information content (AvgIpc) is 2.39. The molecule has 4 heteroatoms. The SMILES string of the molecule is COCC1CCN(c2ccc(C(C)N)c(Br)c2)CC1. The normalized spacial score (nSPS) is 18.6. The predicted octanol–water partition coefficient (Wildman–Crippen LogP) is 3.33. The molecular weight excluding hydrogens is 304 g/mol. The minimum atomic E-state index is 0.0656. The van der Waals surface area contributed by atoms with Crippen LogP contribution in [0.3, 0.4) is 0 Å². The smallest absolute Gasteiger partial charge is 0.0491 e. The molecule has 2 N–H and O–H groups in total. The van der Waals surface area contributed by atoms with Crippen molar-refractivity contribution in [3.63, 3.8) is 0 Å². The van der Waals surface area contributed by atoms with Gasteiger partial charge in [-0.05, 0) is 43.4 Å². The Morgan fingerprint density at radius 2 is 2.11 bits per heavy atom. The van der Waals surface area contributed by atoms with Crippen LogP contribution in [0.25, 0.3) is 0 Å². The number of halogens is 1. The van der Waals surface area contributed by atoms with E-state index in [1.54, 1.807) is 7.11 Å². The summed E-state index contributed by atoms with van der Waals surface area (Å²) in [6.07, 6.45) is 2.42. The molecule has 1 aromatic carbocycles. The molecule has 0 aromatic heterocycles. The molecule has 1 aromatic rings. The highest BCUT2D eigenvalue weighted by Crippen LogP contribution is 2.29. The molecular formula is C15H23BrN2O. The Morgan fingerprint density at radius 3 is 2.63 bits per heavy atom. The molecule has 0 bridgehead atoms. The van der Waals surface area contributed by atoms with Crippen LogP contribution in [0.2, 0.25) is 0 Å². The van der Waals surface area contributed by atoms with Gasteiger partial charge in [0.15, 0.2) is 0 Å². The van der Waals surface area contributed by atoms with E-state index in [1.807, 2.05) is 6.92 Å². The second kappa shape index (κ2) is 6.73. The summed E-state index contributed by atoms with van der Waals surface area (Å²) in [6.45, 7) is 5.12. The molecule has 0 amide bonds. The van der Waals surface area contributed by atoms with Crippen molar-refractivity contribution >= 4 is 21.6 Å². The molecule has 1 heterocycles. The highest BCUT2D eigenvalue weighted by atomic mass is 79.9. The van der Waals surface area contributed by atoms with Crippen LogP contribution in [-0.4, -0.2) is 26.8 Å². The number of methoxy groups -OCH3 is 1. The molecule has 2 rings (SSSR count). The first-order chi connectivity index (χ1) is 9.11. The number of ether oxygens (including phenoxy) is 1. The van der Waals surface area contributed by atoms with Crippen LogP contribution >= 0.6 is 15.9 Å². The lowest BCUT2D eigenvalue weighted by Crippen LogP contribution is -2.35. The molecule has 1 aliphatic heterocycles. The largest absolute Gasteiger partial charge is 0.384 e. The van der Waals surface area contributed by atoms with Gasteiger partial charge in [-0.3, -0.25) is 0 Å². The highest BCUT2D eigenvalue weighted by Gasteiger charge is 2.19. The third-order valence-corrected chi connectivity index (χ3v) is 4.54. The number of nitrogens with zero attached hydrogens (tertiary/aromatic N) is 1. The molecule has 1 atom stereocenters. The minimum absolute atomic E-state index is 0.0656. The summed E-state index contributed by atoms with van der Waals surface area (Å²) in [7, 11) is 1.79. The summed E-state index contributed by atoms with van der Waals surface area (Å²) in [5.41, 5.74) is 8.39. The number of piperidine rings is 1. The van der Waals surface area contributed by atoms with Crippen LogP contribution in [0.15, 0.2) is 22.7 Å². The summed E-state index contributed by atoms with van der Waals surface area (Å²) in [5, 5.41) is 0. The molecule has 1 saturated heterocycles. The van der Waals surface area contributed by atoms with Gasteiger partial charge >= 0.3 is 0 Å². The number of benzene rings is 1. The molecule has 19 heavy (non-hydrogen) atoms. The number of anilines is 1. The standard InChI is InChI=1S/C15H23BrN2O/c1-11(17)14-4-3-13(9-15(14)16)18-7-5-12(6-8-18)10-19-2/h3-4,9,11-12H,5-8,10,17H2,1-2H3. The third kappa shape index (κ3) is 3.71. The van der Waals surface area contributed by atoms with Crippen molar-refractivity contribution < 1.29 is 4.74 Å². The summed E-state index contributed by atoms with van der Waals surface area (Å²) in [5.74, 6) is 0.716. The second-order valence-electron chi connectivity index (χ2n) is 5.38. The van der Waals surface area contributed by atoms with E-state index >= 15 is 0 Å². The lowest BCUT2D eigenvalue weighted by atomic mass is 9.97. The van der Waals surface area contributed by atoms with E-state index in [2.05, 4.69) is 39.0 Å². The first-order valence-electron chi connectivity index (χ1n) is 6.90. The van der Waals surface area contributed by atoms with Crippen LogP contribution in [0.5, 0.6) is 0 Å². The Hall–Kier alpha value is -0.580. The Kier molecular flexibility index (Phi) is 5.25. The van der Waals surface area contributed by atoms with Crippen LogP contribution in [0.4, 0.5) is 5.69 Å². The molecule has 1 aliphatic rings. The van der Waals surface area contributed by atoms with E-state index in [0.717, 1.165) is 29.7 Å². The maximum atomic E-state index is 5.94. The Morgan fingerprint density at radius 1 is 1.42 bits per heavy atom. The highest BCUT2D eigenvalue weighted by molar-refractivity contribution is 9.10. The Labute approximate surface area is 124 Å². The van der Waals surface area contributed by atoms with Gasteiger partial charge in [-0.15, -0.1) is 0 Å². The van der Waals surface area contributed by atoms with E-state index < -0.39 is 0 Å². The van der Waals surface area contributed by atoms with Crippen molar-refractivity contribution in [2.75, 3.05) is 31.7 Å². The van der Waals surface area contributed by atoms with Crippen molar-refractivity contribution in [3.8, 4) is 0 Å². The van der Waals surface area contributed by atoms with Crippen molar-refractivity contribution in [1.82, 2.24) is 0 Å². The van der Waals surface area contributed by atoms with E-state index in [0.29, 0.717) is 5.92 Å². The zero-order valence-electron chi connectivity index (χ0n) is 11.7. The van der Waals surface area contributed by atoms with Gasteiger partial charge in [-0.2, -0.15) is 0 Å². The molecule has 1 unspecified atom stereocenters. The molecule has 3 nitrogen and oxygen atoms in total. The van der Waals surface area contributed by atoms with Crippen molar-refractivity contribution in [2.45, 2.75) is 25.8 Å². The topological polar surface area (TPSA) is 38.5 Å². The fraction of sp³-hybridized carbons (Fsp3) is 0.600. The van der Waals surface area contributed by atoms with Gasteiger partial charge in [0.25, 0.3) is 0 Å². The van der Waals surface area contributed by atoms with Gasteiger partial charge in [0.1, 0.15) is 0 Å². The van der Waals surface area contributed by atoms with Crippen molar-refractivity contribution in [2.24, 2.45) is 11.7 Å². The van der Waals surface area contributed by atoms with Gasteiger partial charge < -0.3 is 15.4 Å². The first kappa shape index (κ1) is 14.8. The zero-order chi connectivity index (χ0) is 13.8. The fourth-order valence-electron chi connectivity index (χ4n) is 2.68. The summed E-state index contributed by atoms with van der Waals surface area (Å²) >= 11 is 3.62. The number of hydrogen-bond acceptors (Lipinski definition) is 3. The summed E-state index contributed by atoms with van der Waals surface area (Å²) in [4.78, 5) is 2.45. The van der Waals surface area contributed by atoms with E-state index in [-0.39, 0.29) is 6.04 Å². The first-order valence-corrected chi connectivity index (χ1v) is 7.70. The Balaban J connectivity index is 2.02. The summed E-state index contributed by atoms with van der Waals surface area (Å²) < 4.78 is 6.35. The van der Waals surface area contributed by atoms with Gasteiger partial charge in [0, 0.05) is 43.0 Å². The average molecular weight is 327 g/mol. The van der Waals surface area contributed by atoms with Gasteiger partial charge in [-0.25, -0.2) is 0 Å². The van der Waals surface area contributed by atoms with Crippen LogP contribution in [0, 0.1) is 5.92 Å². The fourth-order valence-corrected chi connectivity index (χ4v) is 3.40. The van der Waals surface area contributed by atoms with Crippen LogP contribution in [-0.2, 0) is 4.74 Å². The predicted molar refractivity (Wildman–Crippen MR) is 83.6 cm³/mol. The molecule has 1 fully saturated rings. The maximum absolute atomic E-state index is 5.94. The molecule has 0 aliphatic carbocycles. The second-order valence-corrected chi connectivity index (χ2v) is 6.23. The molecule has 0 spiro atoms. The van der Waals surface area contributed by atoms with E-state index in [4.69, 9.17) is 10.5 Å². The Bertz CT molecular complexity index is 415. The van der Waals surface area contributed by atoms with Gasteiger partial charge in [-0.1, -0.05) is 22.0 Å². The third-order valence-electron chi connectivity index (χ3n) is 3.86. The summed E-state index contributed by atoms with van der Waals surface area (Å²) in [6, 6.07) is 6.57. The minimum Gasteiger partial charge on any atom is -0.384 e. The zero-order valence-corrected chi connectivity index (χ0v) is 13.3. The maximum Gasteiger partial charge on any atom is 0.0491 e. The number of hydrogen-bond donors (Lipinski definition) is 1. The van der Waals surface area contributed by atoms with Crippen molar-refractivity contribution in [3.05, 3.63) is 28.2 Å². The molecule has 0 radical (unpaired) electrons. The lowest BCUT2D eigenvalue weighted by molar-refractivity contribution is 0.139. The van der Waals surface area contributed by atoms with Crippen LogP contribution in [0.1, 0.15) is 31.4 Å². The van der Waals surface area contributed by atoms with E-state index in [9.17, 15) is 0 Å².